The van der Waals surface area contributed by atoms with Crippen molar-refractivity contribution in [2.75, 3.05) is 0 Å². The third-order valence-electron chi connectivity index (χ3n) is 2.91. The Labute approximate surface area is 138 Å². The molecule has 6 nitrogen and oxygen atoms in total. The summed E-state index contributed by atoms with van der Waals surface area (Å²) < 4.78 is 68.2. The van der Waals surface area contributed by atoms with Crippen LogP contribution in [0.5, 0.6) is 5.88 Å². The van der Waals surface area contributed by atoms with E-state index in [0.29, 0.717) is 13.0 Å². The van der Waals surface area contributed by atoms with Crippen LogP contribution < -0.4 is 10.1 Å². The van der Waals surface area contributed by atoms with Gasteiger partial charge in [0.2, 0.25) is 0 Å². The first-order chi connectivity index (χ1) is 11.7. The number of ether oxygens (including phenoxy) is 1. The summed E-state index contributed by atoms with van der Waals surface area (Å²) in [5, 5.41) is 2.27. The van der Waals surface area contributed by atoms with Crippen LogP contribution >= 0.6 is 0 Å². The van der Waals surface area contributed by atoms with E-state index >= 15 is 0 Å². The zero-order valence-corrected chi connectivity index (χ0v) is 12.6. The topological polar surface area (TPSA) is 77.0 Å². The molecular weight excluding hydrogens is 351 g/mol. The van der Waals surface area contributed by atoms with Crippen LogP contribution in [0.3, 0.4) is 0 Å². The minimum atomic E-state index is -3.27. The molecule has 0 aromatic carbocycles. The van der Waals surface area contributed by atoms with Gasteiger partial charge >= 0.3 is 6.61 Å². The van der Waals surface area contributed by atoms with Gasteiger partial charge in [-0.1, -0.05) is 0 Å². The maximum atomic E-state index is 13.5. The van der Waals surface area contributed by atoms with Gasteiger partial charge in [0.25, 0.3) is 17.7 Å². The van der Waals surface area contributed by atoms with Gasteiger partial charge in [0.1, 0.15) is 12.0 Å². The minimum Gasteiger partial charge on any atom is -0.414 e. The normalized spacial score (nSPS) is 11.5. The predicted molar refractivity (Wildman–Crippen MR) is 73.6 cm³/mol. The van der Waals surface area contributed by atoms with Gasteiger partial charge < -0.3 is 10.1 Å². The van der Waals surface area contributed by atoms with Crippen LogP contribution in [-0.2, 0) is 12.5 Å². The van der Waals surface area contributed by atoms with E-state index < -0.39 is 35.8 Å². The molecule has 0 atom stereocenters. The molecule has 1 N–H and O–H groups in total. The van der Waals surface area contributed by atoms with Crippen molar-refractivity contribution in [1.82, 2.24) is 20.3 Å². The van der Waals surface area contributed by atoms with Crippen LogP contribution in [0.25, 0.3) is 0 Å². The number of aromatic nitrogens is 3. The number of halogens is 5. The molecule has 0 unspecified atom stereocenters. The molecule has 25 heavy (non-hydrogen) atoms. The maximum absolute atomic E-state index is 13.5. The van der Waals surface area contributed by atoms with Crippen molar-refractivity contribution in [3.63, 3.8) is 0 Å². The summed E-state index contributed by atoms with van der Waals surface area (Å²) in [5.74, 6) is -6.33. The highest BCUT2D eigenvalue weighted by molar-refractivity contribution is 5.93. The number of carbonyl (C=O) groups is 1. The quantitative estimate of drug-likeness (QED) is 0.800. The summed E-state index contributed by atoms with van der Waals surface area (Å²) in [7, 11) is 0. The molecule has 134 valence electrons. The lowest BCUT2D eigenvalue weighted by Gasteiger charge is -2.14. The van der Waals surface area contributed by atoms with Crippen LogP contribution in [-0.4, -0.2) is 27.5 Å². The van der Waals surface area contributed by atoms with E-state index in [1.165, 1.54) is 0 Å². The molecule has 2 aromatic heterocycles. The van der Waals surface area contributed by atoms with Crippen LogP contribution in [0.2, 0.25) is 0 Å². The SMILES string of the molecule is CC(F)(F)c1ncncc1CNC(=O)c1cnc(OC(F)F)c(F)c1. The lowest BCUT2D eigenvalue weighted by molar-refractivity contribution is -0.0553. The third-order valence-corrected chi connectivity index (χ3v) is 2.91. The summed E-state index contributed by atoms with van der Waals surface area (Å²) in [4.78, 5) is 22.3. The molecule has 0 aliphatic heterocycles. The number of nitrogens with zero attached hydrogens (tertiary/aromatic N) is 3. The van der Waals surface area contributed by atoms with Crippen molar-refractivity contribution < 1.29 is 31.5 Å². The van der Waals surface area contributed by atoms with Crippen LogP contribution in [0.1, 0.15) is 28.5 Å². The summed E-state index contributed by atoms with van der Waals surface area (Å²) in [5.41, 5.74) is -0.900. The molecule has 0 bridgehead atoms. The predicted octanol–water partition coefficient (Wildman–Crippen LogP) is 2.65. The Kier molecular flexibility index (Phi) is 5.45. The molecular formula is C14H11F5N4O2. The number of hydrogen-bond acceptors (Lipinski definition) is 5. The Hall–Kier alpha value is -2.85. The Morgan fingerprint density at radius 3 is 2.64 bits per heavy atom. The number of hydrogen-bond donors (Lipinski definition) is 1. The smallest absolute Gasteiger partial charge is 0.388 e. The molecule has 0 radical (unpaired) electrons. The Bertz CT molecular complexity index is 767. The molecule has 2 rings (SSSR count). The third kappa shape index (κ3) is 4.81. The second-order valence-corrected chi connectivity index (χ2v) is 4.86. The molecule has 0 saturated heterocycles. The van der Waals surface area contributed by atoms with Crippen molar-refractivity contribution in [2.45, 2.75) is 26.0 Å². The standard InChI is InChI=1S/C14H11F5N4O2/c1-14(18,19)10-8(3-20-6-23-10)5-21-11(24)7-2-9(15)12(22-4-7)25-13(16)17/h2-4,6,13H,5H2,1H3,(H,21,24). The molecule has 2 aromatic rings. The van der Waals surface area contributed by atoms with E-state index in [-0.39, 0.29) is 17.7 Å². The lowest BCUT2D eigenvalue weighted by atomic mass is 10.1. The average molecular weight is 362 g/mol. The highest BCUT2D eigenvalue weighted by Crippen LogP contribution is 2.27. The summed E-state index contributed by atoms with van der Waals surface area (Å²) in [6.07, 6.45) is 2.87. The van der Waals surface area contributed by atoms with Gasteiger partial charge in [-0.05, 0) is 6.07 Å². The molecule has 0 aliphatic rings. The monoisotopic (exact) mass is 362 g/mol. The highest BCUT2D eigenvalue weighted by atomic mass is 19.3. The summed E-state index contributed by atoms with van der Waals surface area (Å²) in [6, 6.07) is 0.636. The molecule has 1 amide bonds. The van der Waals surface area contributed by atoms with E-state index in [1.54, 1.807) is 0 Å². The van der Waals surface area contributed by atoms with Gasteiger partial charge in [0.15, 0.2) is 5.82 Å². The number of pyridine rings is 1. The zero-order chi connectivity index (χ0) is 18.6. The van der Waals surface area contributed by atoms with Gasteiger partial charge in [-0.2, -0.15) is 17.6 Å². The lowest BCUT2D eigenvalue weighted by Crippen LogP contribution is -2.25. The van der Waals surface area contributed by atoms with Crippen molar-refractivity contribution >= 4 is 5.91 Å². The number of alkyl halides is 4. The molecule has 0 spiro atoms. The van der Waals surface area contributed by atoms with Crippen LogP contribution in [0.4, 0.5) is 22.0 Å². The molecule has 0 fully saturated rings. The van der Waals surface area contributed by atoms with Gasteiger partial charge in [0, 0.05) is 31.4 Å². The minimum absolute atomic E-state index is 0.0329. The average Bonchev–Trinajstić information content (AvgIpc) is 2.53. The second-order valence-electron chi connectivity index (χ2n) is 4.86. The summed E-state index contributed by atoms with van der Waals surface area (Å²) >= 11 is 0. The first-order valence-electron chi connectivity index (χ1n) is 6.74. The van der Waals surface area contributed by atoms with Crippen molar-refractivity contribution in [3.8, 4) is 5.88 Å². The second kappa shape index (κ2) is 7.36. The van der Waals surface area contributed by atoms with Crippen molar-refractivity contribution in [3.05, 3.63) is 47.4 Å². The van der Waals surface area contributed by atoms with Gasteiger partial charge in [-0.15, -0.1) is 0 Å². The first-order valence-corrected chi connectivity index (χ1v) is 6.74. The molecule has 2 heterocycles. The fraction of sp³-hybridized carbons (Fsp3) is 0.286. The first kappa shape index (κ1) is 18.5. The van der Waals surface area contributed by atoms with E-state index in [4.69, 9.17) is 0 Å². The fourth-order valence-electron chi connectivity index (χ4n) is 1.88. The van der Waals surface area contributed by atoms with E-state index in [9.17, 15) is 26.7 Å². The van der Waals surface area contributed by atoms with E-state index in [2.05, 4.69) is 25.0 Å². The van der Waals surface area contributed by atoms with Crippen molar-refractivity contribution in [2.24, 2.45) is 0 Å². The van der Waals surface area contributed by atoms with Crippen molar-refractivity contribution in [1.29, 1.82) is 0 Å². The molecule has 0 aliphatic carbocycles. The number of nitrogens with one attached hydrogen (secondary N) is 1. The van der Waals surface area contributed by atoms with Gasteiger partial charge in [-0.3, -0.25) is 4.79 Å². The number of carbonyl (C=O) groups excluding carboxylic acids is 1. The maximum Gasteiger partial charge on any atom is 0.388 e. The van der Waals surface area contributed by atoms with Gasteiger partial charge in [0.05, 0.1) is 5.56 Å². The van der Waals surface area contributed by atoms with E-state index in [0.717, 1.165) is 18.7 Å². The van der Waals surface area contributed by atoms with Crippen LogP contribution in [0.15, 0.2) is 24.8 Å². The van der Waals surface area contributed by atoms with Crippen LogP contribution in [0, 0.1) is 5.82 Å². The Balaban J connectivity index is 2.10. The molecule has 0 saturated carbocycles. The zero-order valence-electron chi connectivity index (χ0n) is 12.6. The number of amides is 1. The Morgan fingerprint density at radius 2 is 2.04 bits per heavy atom. The summed E-state index contributed by atoms with van der Waals surface area (Å²) in [6.45, 7) is -2.98. The van der Waals surface area contributed by atoms with E-state index in [1.807, 2.05) is 0 Å². The number of rotatable bonds is 6. The van der Waals surface area contributed by atoms with Gasteiger partial charge in [-0.25, -0.2) is 19.3 Å². The Morgan fingerprint density at radius 1 is 1.32 bits per heavy atom. The fourth-order valence-corrected chi connectivity index (χ4v) is 1.88. The highest BCUT2D eigenvalue weighted by Gasteiger charge is 2.29. The largest absolute Gasteiger partial charge is 0.414 e. The molecule has 11 heteroatoms.